The third-order valence-electron chi connectivity index (χ3n) is 9.24. The highest BCUT2D eigenvalue weighted by Gasteiger charge is 2.19. The number of carboxylic acid groups (broad SMARTS) is 1. The van der Waals surface area contributed by atoms with E-state index < -0.39 is 12.0 Å². The van der Waals surface area contributed by atoms with Gasteiger partial charge in [0.25, 0.3) is 0 Å². The molecule has 0 saturated heterocycles. The molecule has 0 aromatic carbocycles. The maximum absolute atomic E-state index is 12.7. The lowest BCUT2D eigenvalue weighted by Gasteiger charge is -2.15. The monoisotopic (exact) mass is 753 g/mol. The Morgan fingerprint density at radius 2 is 1.07 bits per heavy atom. The summed E-state index contributed by atoms with van der Waals surface area (Å²) >= 11 is 0. The maximum Gasteiger partial charge on any atom is 0.326 e. The number of carbonyl (C=O) groups is 3. The lowest BCUT2D eigenvalue weighted by atomic mass is 10.1. The molecule has 7 nitrogen and oxygen atoms in total. The average molecular weight is 753 g/mol. The lowest BCUT2D eigenvalue weighted by Crippen LogP contribution is -2.40. The minimum Gasteiger partial charge on any atom is -0.480 e. The first-order chi connectivity index (χ1) is 26.4. The van der Waals surface area contributed by atoms with E-state index in [9.17, 15) is 19.5 Å². The third kappa shape index (κ3) is 37.1. The van der Waals surface area contributed by atoms with Crippen molar-refractivity contribution in [3.63, 3.8) is 0 Å². The second-order valence-electron chi connectivity index (χ2n) is 14.4. The van der Waals surface area contributed by atoms with E-state index in [1.54, 1.807) is 0 Å². The van der Waals surface area contributed by atoms with Gasteiger partial charge in [0.15, 0.2) is 0 Å². The molecule has 0 spiro atoms. The van der Waals surface area contributed by atoms with Crippen molar-refractivity contribution < 1.29 is 24.2 Å². The molecule has 0 bridgehead atoms. The third-order valence-corrected chi connectivity index (χ3v) is 9.24. The smallest absolute Gasteiger partial charge is 0.326 e. The van der Waals surface area contributed by atoms with Crippen molar-refractivity contribution in [1.29, 1.82) is 0 Å². The molecule has 2 unspecified atom stereocenters. The topological polar surface area (TPSA) is 119 Å². The summed E-state index contributed by atoms with van der Waals surface area (Å²) in [7, 11) is 0. The number of ether oxygens (including phenoxy) is 1. The average Bonchev–Trinajstić information content (AvgIpc) is 3.15. The molecule has 0 aliphatic rings. The van der Waals surface area contributed by atoms with Crippen LogP contribution in [0.25, 0.3) is 0 Å². The van der Waals surface area contributed by atoms with Crippen LogP contribution in [-0.4, -0.2) is 41.6 Å². The van der Waals surface area contributed by atoms with Crippen LogP contribution in [0.2, 0.25) is 0 Å². The van der Waals surface area contributed by atoms with Crippen molar-refractivity contribution in [3.8, 4) is 0 Å². The van der Waals surface area contributed by atoms with Crippen molar-refractivity contribution in [2.45, 2.75) is 199 Å². The Hall–Kier alpha value is -3.19. The van der Waals surface area contributed by atoms with Crippen molar-refractivity contribution in [1.82, 2.24) is 5.32 Å². The number of hydrogen-bond acceptors (Lipinski definition) is 5. The molecule has 0 heterocycles. The SMILES string of the molecule is CC/C=C\C/C=C\C/C=C\C/C=C\C(CCCCCC(=O)NC(CCCN)C(=O)O)OC(=O)CCCCCCCCCCC/C=C\C/C=C\CCCCC. The first kappa shape index (κ1) is 50.8. The molecule has 0 rings (SSSR count). The molecule has 0 fully saturated rings. The number of nitrogens with one attached hydrogen (secondary N) is 1. The minimum absolute atomic E-state index is 0.143. The summed E-state index contributed by atoms with van der Waals surface area (Å²) < 4.78 is 5.89. The Morgan fingerprint density at radius 1 is 0.574 bits per heavy atom. The normalized spacial score (nSPS) is 13.4. The van der Waals surface area contributed by atoms with E-state index in [-0.39, 0.29) is 24.4 Å². The summed E-state index contributed by atoms with van der Waals surface area (Å²) in [6.45, 7) is 4.77. The Kier molecular flexibility index (Phi) is 38.6. The molecule has 1 amide bonds. The first-order valence-electron chi connectivity index (χ1n) is 21.8. The number of rotatable bonds is 38. The summed E-state index contributed by atoms with van der Waals surface area (Å²) in [5.41, 5.74) is 5.49. The molecule has 0 aromatic heterocycles. The number of aliphatic carboxylic acids is 1. The second kappa shape index (κ2) is 41.0. The highest BCUT2D eigenvalue weighted by Crippen LogP contribution is 2.15. The Balaban J connectivity index is 4.39. The van der Waals surface area contributed by atoms with E-state index in [2.05, 4.69) is 86.0 Å². The van der Waals surface area contributed by atoms with Crippen molar-refractivity contribution in [3.05, 3.63) is 72.9 Å². The van der Waals surface area contributed by atoms with Gasteiger partial charge in [0.2, 0.25) is 5.91 Å². The lowest BCUT2D eigenvalue weighted by molar-refractivity contribution is -0.147. The van der Waals surface area contributed by atoms with Crippen molar-refractivity contribution in [2.24, 2.45) is 5.73 Å². The molecule has 0 radical (unpaired) electrons. The fourth-order valence-corrected chi connectivity index (χ4v) is 5.98. The van der Waals surface area contributed by atoms with Gasteiger partial charge >= 0.3 is 11.9 Å². The summed E-state index contributed by atoms with van der Waals surface area (Å²) in [6.07, 6.45) is 52.4. The summed E-state index contributed by atoms with van der Waals surface area (Å²) in [6, 6.07) is -0.895. The van der Waals surface area contributed by atoms with Gasteiger partial charge in [-0.15, -0.1) is 0 Å². The maximum atomic E-state index is 12.7. The fourth-order valence-electron chi connectivity index (χ4n) is 5.98. The molecular weight excluding hydrogens is 673 g/mol. The number of unbranched alkanes of at least 4 members (excludes halogenated alkanes) is 14. The zero-order valence-electron chi connectivity index (χ0n) is 34.5. The standard InChI is InChI=1S/C47H80N2O5/c1-3-5-7-9-11-13-15-16-17-18-19-20-21-22-24-26-28-30-35-41-46(51)54-43(37-32-29-27-25-23-14-12-10-8-6-4-2)38-33-31-34-40-45(50)49-44(47(52)53)39-36-42-48/h6,8,11-14,16-17,25,27,32,37,43-44H,3-5,7,9-10,15,18-24,26,28-31,33-36,38-42,48H2,1-2H3,(H,49,50)(H,52,53)/b8-6-,13-11-,14-12-,17-16-,27-25-,37-32-. The van der Waals surface area contributed by atoms with Crippen LogP contribution >= 0.6 is 0 Å². The van der Waals surface area contributed by atoms with Gasteiger partial charge in [-0.1, -0.05) is 145 Å². The molecule has 0 saturated carbocycles. The molecule has 54 heavy (non-hydrogen) atoms. The van der Waals surface area contributed by atoms with Crippen molar-refractivity contribution in [2.75, 3.05) is 6.54 Å². The summed E-state index contributed by atoms with van der Waals surface area (Å²) in [5, 5.41) is 11.9. The summed E-state index contributed by atoms with van der Waals surface area (Å²) in [5.74, 6) is -1.43. The van der Waals surface area contributed by atoms with Crippen LogP contribution in [0.1, 0.15) is 187 Å². The Morgan fingerprint density at radius 3 is 1.65 bits per heavy atom. The van der Waals surface area contributed by atoms with Gasteiger partial charge in [0.1, 0.15) is 12.1 Å². The number of esters is 1. The van der Waals surface area contributed by atoms with E-state index in [0.29, 0.717) is 38.6 Å². The number of amides is 1. The van der Waals surface area contributed by atoms with E-state index in [4.69, 9.17) is 10.5 Å². The van der Waals surface area contributed by atoms with Crippen LogP contribution in [-0.2, 0) is 19.1 Å². The van der Waals surface area contributed by atoms with E-state index in [1.165, 1.54) is 70.6 Å². The van der Waals surface area contributed by atoms with Crippen molar-refractivity contribution >= 4 is 17.8 Å². The van der Waals surface area contributed by atoms with E-state index >= 15 is 0 Å². The molecule has 0 aliphatic heterocycles. The number of nitrogens with two attached hydrogens (primary N) is 1. The molecular formula is C47H80N2O5. The van der Waals surface area contributed by atoms with Gasteiger partial charge in [-0.3, -0.25) is 9.59 Å². The molecule has 2 atom stereocenters. The van der Waals surface area contributed by atoms with Crippen LogP contribution in [0.15, 0.2) is 72.9 Å². The number of allylic oxidation sites excluding steroid dienone is 11. The molecule has 7 heteroatoms. The molecule has 4 N–H and O–H groups in total. The number of carbonyl (C=O) groups excluding carboxylic acids is 2. The van der Waals surface area contributed by atoms with Gasteiger partial charge in [0, 0.05) is 12.8 Å². The van der Waals surface area contributed by atoms with Gasteiger partial charge < -0.3 is 20.9 Å². The first-order valence-corrected chi connectivity index (χ1v) is 21.8. The van der Waals surface area contributed by atoms with Crippen LogP contribution in [0.5, 0.6) is 0 Å². The van der Waals surface area contributed by atoms with Crippen LogP contribution in [0, 0.1) is 0 Å². The predicted molar refractivity (Wildman–Crippen MR) is 229 cm³/mol. The van der Waals surface area contributed by atoms with E-state index in [0.717, 1.165) is 64.2 Å². The van der Waals surface area contributed by atoms with Crippen LogP contribution < -0.4 is 11.1 Å². The van der Waals surface area contributed by atoms with Crippen LogP contribution in [0.3, 0.4) is 0 Å². The minimum atomic E-state index is -1.03. The predicted octanol–water partition coefficient (Wildman–Crippen LogP) is 12.3. The molecule has 0 aliphatic carbocycles. The Labute approximate surface area is 331 Å². The fraction of sp³-hybridized carbons (Fsp3) is 0.681. The highest BCUT2D eigenvalue weighted by atomic mass is 16.5. The molecule has 308 valence electrons. The molecule has 0 aromatic rings. The van der Waals surface area contributed by atoms with Gasteiger partial charge in [-0.2, -0.15) is 0 Å². The number of hydrogen-bond donors (Lipinski definition) is 3. The zero-order chi connectivity index (χ0) is 39.6. The largest absolute Gasteiger partial charge is 0.480 e. The van der Waals surface area contributed by atoms with Gasteiger partial charge in [0.05, 0.1) is 0 Å². The van der Waals surface area contributed by atoms with Gasteiger partial charge in [-0.05, 0) is 109 Å². The zero-order valence-corrected chi connectivity index (χ0v) is 34.5. The second-order valence-corrected chi connectivity index (χ2v) is 14.4. The Bertz CT molecular complexity index is 1070. The highest BCUT2D eigenvalue weighted by molar-refractivity contribution is 5.83. The van der Waals surface area contributed by atoms with E-state index in [1.807, 2.05) is 6.08 Å². The van der Waals surface area contributed by atoms with Gasteiger partial charge in [-0.25, -0.2) is 4.79 Å². The quantitative estimate of drug-likeness (QED) is 0.0328. The van der Waals surface area contributed by atoms with Crippen LogP contribution in [0.4, 0.5) is 0 Å². The summed E-state index contributed by atoms with van der Waals surface area (Å²) in [4.78, 5) is 36.4. The number of carboxylic acids is 1.